The zero-order valence-corrected chi connectivity index (χ0v) is 14.1. The first-order valence-electron chi connectivity index (χ1n) is 7.45. The number of aromatic nitrogens is 1. The first-order chi connectivity index (χ1) is 10.4. The quantitative estimate of drug-likeness (QED) is 0.921. The summed E-state index contributed by atoms with van der Waals surface area (Å²) in [5, 5.41) is 12.6. The number of rotatable bonds is 5. The van der Waals surface area contributed by atoms with Gasteiger partial charge in [0.1, 0.15) is 11.8 Å². The van der Waals surface area contributed by atoms with E-state index in [9.17, 15) is 0 Å². The molecule has 116 valence electrons. The van der Waals surface area contributed by atoms with E-state index in [1.165, 1.54) is 11.1 Å². The van der Waals surface area contributed by atoms with E-state index in [-0.39, 0.29) is 0 Å². The van der Waals surface area contributed by atoms with Gasteiger partial charge in [-0.2, -0.15) is 5.26 Å². The van der Waals surface area contributed by atoms with Gasteiger partial charge in [-0.25, -0.2) is 0 Å². The summed E-state index contributed by atoms with van der Waals surface area (Å²) < 4.78 is 1.94. The Hall–Kier alpha value is -2.25. The summed E-state index contributed by atoms with van der Waals surface area (Å²) in [5.41, 5.74) is 6.67. The number of nitriles is 1. The van der Waals surface area contributed by atoms with Gasteiger partial charge in [-0.15, -0.1) is 0 Å². The standard InChI is InChI=1S/C18H24N4/c1-13-6-7-15(12-21(3)4)8-18(13)20-11-16-9-17(10-19)22(5)14(16)2/h6-9,20H,11-12H2,1-5H3. The topological polar surface area (TPSA) is 44.0 Å². The van der Waals surface area contributed by atoms with Crippen LogP contribution in [0.3, 0.4) is 0 Å². The number of anilines is 1. The van der Waals surface area contributed by atoms with E-state index in [2.05, 4.69) is 55.5 Å². The van der Waals surface area contributed by atoms with Crippen molar-refractivity contribution in [1.82, 2.24) is 9.47 Å². The van der Waals surface area contributed by atoms with Gasteiger partial charge in [-0.3, -0.25) is 0 Å². The molecule has 0 spiro atoms. The van der Waals surface area contributed by atoms with E-state index in [1.807, 2.05) is 24.6 Å². The molecular weight excluding hydrogens is 272 g/mol. The van der Waals surface area contributed by atoms with E-state index in [4.69, 9.17) is 5.26 Å². The number of nitrogens with one attached hydrogen (secondary N) is 1. The second-order valence-electron chi connectivity index (χ2n) is 6.05. The summed E-state index contributed by atoms with van der Waals surface area (Å²) in [7, 11) is 6.08. The minimum Gasteiger partial charge on any atom is -0.381 e. The maximum absolute atomic E-state index is 9.11. The molecule has 1 N–H and O–H groups in total. The molecule has 0 amide bonds. The Morgan fingerprint density at radius 3 is 2.55 bits per heavy atom. The molecule has 2 aromatic rings. The van der Waals surface area contributed by atoms with Crippen LogP contribution in [0.5, 0.6) is 0 Å². The first kappa shape index (κ1) is 16.1. The van der Waals surface area contributed by atoms with Gasteiger partial charge in [-0.1, -0.05) is 12.1 Å². The van der Waals surface area contributed by atoms with E-state index in [1.54, 1.807) is 0 Å². The Kier molecular flexibility index (Phi) is 4.89. The van der Waals surface area contributed by atoms with Crippen molar-refractivity contribution in [3.05, 3.63) is 52.3 Å². The number of benzene rings is 1. The molecule has 1 aromatic carbocycles. The molecule has 1 aromatic heterocycles. The monoisotopic (exact) mass is 296 g/mol. The van der Waals surface area contributed by atoms with Crippen molar-refractivity contribution in [2.75, 3.05) is 19.4 Å². The predicted octanol–water partition coefficient (Wildman–Crippen LogP) is 3.19. The molecule has 0 saturated carbocycles. The number of hydrogen-bond donors (Lipinski definition) is 1. The highest BCUT2D eigenvalue weighted by Crippen LogP contribution is 2.20. The molecule has 0 bridgehead atoms. The lowest BCUT2D eigenvalue weighted by molar-refractivity contribution is 0.402. The van der Waals surface area contributed by atoms with Gasteiger partial charge in [0.25, 0.3) is 0 Å². The number of hydrogen-bond acceptors (Lipinski definition) is 3. The van der Waals surface area contributed by atoms with Gasteiger partial charge >= 0.3 is 0 Å². The molecule has 4 nitrogen and oxygen atoms in total. The van der Waals surface area contributed by atoms with Crippen LogP contribution in [0.25, 0.3) is 0 Å². The molecular formula is C18H24N4. The third-order valence-electron chi connectivity index (χ3n) is 4.02. The second kappa shape index (κ2) is 6.67. The van der Waals surface area contributed by atoms with Crippen LogP contribution in [0.2, 0.25) is 0 Å². The minimum atomic E-state index is 0.701. The Labute approximate surface area is 133 Å². The molecule has 22 heavy (non-hydrogen) atoms. The van der Waals surface area contributed by atoms with Crippen molar-refractivity contribution >= 4 is 5.69 Å². The molecule has 0 aliphatic rings. The summed E-state index contributed by atoms with van der Waals surface area (Å²) >= 11 is 0. The third-order valence-corrected chi connectivity index (χ3v) is 4.02. The zero-order valence-electron chi connectivity index (χ0n) is 14.1. The molecule has 0 saturated heterocycles. The van der Waals surface area contributed by atoms with E-state index >= 15 is 0 Å². The average Bonchev–Trinajstić information content (AvgIpc) is 2.75. The van der Waals surface area contributed by atoms with E-state index < -0.39 is 0 Å². The van der Waals surface area contributed by atoms with E-state index in [0.29, 0.717) is 5.69 Å². The molecule has 1 heterocycles. The maximum atomic E-state index is 9.11. The molecule has 2 rings (SSSR count). The van der Waals surface area contributed by atoms with Gasteiger partial charge in [0.2, 0.25) is 0 Å². The predicted molar refractivity (Wildman–Crippen MR) is 90.8 cm³/mol. The van der Waals surface area contributed by atoms with Crippen molar-refractivity contribution in [2.24, 2.45) is 7.05 Å². The van der Waals surface area contributed by atoms with Gasteiger partial charge in [0.15, 0.2) is 0 Å². The lowest BCUT2D eigenvalue weighted by Gasteiger charge is -2.14. The van der Waals surface area contributed by atoms with Crippen LogP contribution in [0, 0.1) is 25.2 Å². The third kappa shape index (κ3) is 3.49. The van der Waals surface area contributed by atoms with E-state index in [0.717, 1.165) is 30.0 Å². The fourth-order valence-corrected chi connectivity index (χ4v) is 2.56. The zero-order chi connectivity index (χ0) is 16.3. The fraction of sp³-hybridized carbons (Fsp3) is 0.389. The summed E-state index contributed by atoms with van der Waals surface area (Å²) in [6.07, 6.45) is 0. The number of aryl methyl sites for hydroxylation is 1. The van der Waals surface area contributed by atoms with Crippen LogP contribution in [0.15, 0.2) is 24.3 Å². The molecule has 0 unspecified atom stereocenters. The molecule has 0 atom stereocenters. The molecule has 4 heteroatoms. The Balaban J connectivity index is 2.16. The summed E-state index contributed by atoms with van der Waals surface area (Å²) in [6.45, 7) is 5.82. The van der Waals surface area contributed by atoms with Crippen LogP contribution in [0.1, 0.15) is 28.1 Å². The highest BCUT2D eigenvalue weighted by atomic mass is 15.0. The van der Waals surface area contributed by atoms with Crippen LogP contribution in [-0.2, 0) is 20.1 Å². The van der Waals surface area contributed by atoms with Crippen molar-refractivity contribution < 1.29 is 0 Å². The van der Waals surface area contributed by atoms with Crippen LogP contribution >= 0.6 is 0 Å². The highest BCUT2D eigenvalue weighted by Gasteiger charge is 2.09. The Morgan fingerprint density at radius 1 is 1.23 bits per heavy atom. The van der Waals surface area contributed by atoms with Crippen LogP contribution in [0.4, 0.5) is 5.69 Å². The van der Waals surface area contributed by atoms with Crippen LogP contribution < -0.4 is 5.32 Å². The van der Waals surface area contributed by atoms with Gasteiger partial charge in [0, 0.05) is 31.5 Å². The summed E-state index contributed by atoms with van der Waals surface area (Å²) in [5.74, 6) is 0. The minimum absolute atomic E-state index is 0.701. The Bertz CT molecular complexity index is 705. The first-order valence-corrected chi connectivity index (χ1v) is 7.45. The van der Waals surface area contributed by atoms with Crippen molar-refractivity contribution in [3.8, 4) is 6.07 Å². The highest BCUT2D eigenvalue weighted by molar-refractivity contribution is 5.53. The number of nitrogens with zero attached hydrogens (tertiary/aromatic N) is 3. The smallest absolute Gasteiger partial charge is 0.120 e. The fourth-order valence-electron chi connectivity index (χ4n) is 2.56. The second-order valence-corrected chi connectivity index (χ2v) is 6.05. The molecule has 0 aliphatic carbocycles. The van der Waals surface area contributed by atoms with Gasteiger partial charge in [-0.05, 0) is 56.8 Å². The van der Waals surface area contributed by atoms with Gasteiger partial charge in [0.05, 0.1) is 0 Å². The summed E-state index contributed by atoms with van der Waals surface area (Å²) in [4.78, 5) is 2.16. The summed E-state index contributed by atoms with van der Waals surface area (Å²) in [6, 6.07) is 10.7. The maximum Gasteiger partial charge on any atom is 0.120 e. The largest absolute Gasteiger partial charge is 0.381 e. The molecule has 0 aliphatic heterocycles. The molecule has 0 radical (unpaired) electrons. The van der Waals surface area contributed by atoms with Crippen LogP contribution in [-0.4, -0.2) is 23.6 Å². The normalized spacial score (nSPS) is 10.8. The van der Waals surface area contributed by atoms with Crippen molar-refractivity contribution in [1.29, 1.82) is 5.26 Å². The lowest BCUT2D eigenvalue weighted by atomic mass is 10.1. The average molecular weight is 296 g/mol. The Morgan fingerprint density at radius 2 is 1.95 bits per heavy atom. The molecule has 0 fully saturated rings. The SMILES string of the molecule is Cc1ccc(CN(C)C)cc1NCc1cc(C#N)n(C)c1C. The van der Waals surface area contributed by atoms with Crippen molar-refractivity contribution in [2.45, 2.75) is 26.9 Å². The van der Waals surface area contributed by atoms with Crippen molar-refractivity contribution in [3.63, 3.8) is 0 Å². The lowest BCUT2D eigenvalue weighted by Crippen LogP contribution is -2.11. The van der Waals surface area contributed by atoms with Gasteiger partial charge < -0.3 is 14.8 Å².